The van der Waals surface area contributed by atoms with Crippen LogP contribution in [0.2, 0.25) is 0 Å². The van der Waals surface area contributed by atoms with E-state index in [0.29, 0.717) is 0 Å². The quantitative estimate of drug-likeness (QED) is 0.772. The molecule has 0 aromatic heterocycles. The Labute approximate surface area is 92.4 Å². The van der Waals surface area contributed by atoms with Crippen molar-refractivity contribution in [2.24, 2.45) is 0 Å². The topological polar surface area (TPSA) is 12.0 Å². The van der Waals surface area contributed by atoms with Gasteiger partial charge in [-0.15, -0.1) is 0 Å². The zero-order valence-electron chi connectivity index (χ0n) is 9.30. The summed E-state index contributed by atoms with van der Waals surface area (Å²) in [6.45, 7) is 0. The Bertz CT molecular complexity index is 166. The average molecular weight is 213 g/mol. The molecule has 0 spiro atoms. The van der Waals surface area contributed by atoms with Crippen LogP contribution in [0.15, 0.2) is 0 Å². The van der Waals surface area contributed by atoms with Crippen LogP contribution in [0.5, 0.6) is 0 Å². The zero-order valence-corrected chi connectivity index (χ0v) is 10.1. The van der Waals surface area contributed by atoms with Crippen LogP contribution in [-0.2, 0) is 0 Å². The monoisotopic (exact) mass is 213 g/mol. The number of thioether (sulfide) groups is 1. The maximum Gasteiger partial charge on any atom is 0.00801 e. The highest BCUT2D eigenvalue weighted by molar-refractivity contribution is 7.99. The van der Waals surface area contributed by atoms with Crippen molar-refractivity contribution in [1.29, 1.82) is 0 Å². The summed E-state index contributed by atoms with van der Waals surface area (Å²) < 4.78 is 0. The molecular formula is C12H23NS. The highest BCUT2D eigenvalue weighted by Crippen LogP contribution is 2.28. The second-order valence-electron chi connectivity index (χ2n) is 4.87. The predicted molar refractivity (Wildman–Crippen MR) is 65.0 cm³/mol. The fraction of sp³-hybridized carbons (Fsp3) is 1.00. The molecule has 0 aromatic carbocycles. The van der Waals surface area contributed by atoms with Gasteiger partial charge in [-0.2, -0.15) is 11.8 Å². The minimum Gasteiger partial charge on any atom is -0.311 e. The molecule has 1 nitrogen and oxygen atoms in total. The highest BCUT2D eigenvalue weighted by atomic mass is 32.2. The normalized spacial score (nSPS) is 34.9. The van der Waals surface area contributed by atoms with Crippen molar-refractivity contribution in [3.63, 3.8) is 0 Å². The van der Waals surface area contributed by atoms with E-state index in [0.717, 1.165) is 17.3 Å². The summed E-state index contributed by atoms with van der Waals surface area (Å²) in [5.74, 6) is 0. The van der Waals surface area contributed by atoms with E-state index >= 15 is 0 Å². The van der Waals surface area contributed by atoms with Crippen molar-refractivity contribution >= 4 is 11.8 Å². The molecule has 0 bridgehead atoms. The molecule has 1 N–H and O–H groups in total. The van der Waals surface area contributed by atoms with Gasteiger partial charge in [-0.1, -0.05) is 19.3 Å². The van der Waals surface area contributed by atoms with Crippen LogP contribution in [0.3, 0.4) is 0 Å². The summed E-state index contributed by atoms with van der Waals surface area (Å²) >= 11 is 2.07. The van der Waals surface area contributed by atoms with E-state index < -0.39 is 0 Å². The third-order valence-electron chi connectivity index (χ3n) is 3.79. The van der Waals surface area contributed by atoms with Crippen molar-refractivity contribution in [3.05, 3.63) is 0 Å². The molecule has 0 heterocycles. The van der Waals surface area contributed by atoms with Crippen LogP contribution in [0.25, 0.3) is 0 Å². The van der Waals surface area contributed by atoms with E-state index in [1.54, 1.807) is 0 Å². The Morgan fingerprint density at radius 3 is 2.36 bits per heavy atom. The summed E-state index contributed by atoms with van der Waals surface area (Å²) in [7, 11) is 0. The van der Waals surface area contributed by atoms with Gasteiger partial charge in [-0.05, 0) is 38.4 Å². The number of rotatable bonds is 3. The van der Waals surface area contributed by atoms with Crippen LogP contribution in [0.4, 0.5) is 0 Å². The van der Waals surface area contributed by atoms with E-state index in [2.05, 4.69) is 23.3 Å². The number of hydrogen-bond donors (Lipinski definition) is 1. The molecule has 0 amide bonds. The molecule has 2 fully saturated rings. The first kappa shape index (κ1) is 10.8. The zero-order chi connectivity index (χ0) is 9.80. The van der Waals surface area contributed by atoms with Crippen molar-refractivity contribution in [2.45, 2.75) is 68.7 Å². The lowest BCUT2D eigenvalue weighted by Crippen LogP contribution is -2.40. The Hall–Kier alpha value is 0.310. The fourth-order valence-corrected chi connectivity index (χ4v) is 3.76. The van der Waals surface area contributed by atoms with E-state index in [-0.39, 0.29) is 0 Å². The van der Waals surface area contributed by atoms with E-state index in [4.69, 9.17) is 0 Å². The largest absolute Gasteiger partial charge is 0.311 e. The molecule has 2 rings (SSSR count). The van der Waals surface area contributed by atoms with Crippen molar-refractivity contribution < 1.29 is 0 Å². The number of nitrogens with one attached hydrogen (secondary N) is 1. The SMILES string of the molecule is CSC1CCCC(NC2CCCC2)C1. The van der Waals surface area contributed by atoms with Gasteiger partial charge in [-0.3, -0.25) is 0 Å². The molecule has 2 saturated carbocycles. The smallest absolute Gasteiger partial charge is 0.00801 e. The molecular weight excluding hydrogens is 190 g/mol. The standard InChI is InChI=1S/C12H23NS/c1-14-12-8-4-7-11(9-12)13-10-5-2-3-6-10/h10-13H,2-9H2,1H3. The highest BCUT2D eigenvalue weighted by Gasteiger charge is 2.24. The van der Waals surface area contributed by atoms with E-state index in [1.165, 1.54) is 51.4 Å². The Morgan fingerprint density at radius 1 is 0.929 bits per heavy atom. The van der Waals surface area contributed by atoms with Crippen molar-refractivity contribution in [2.75, 3.05) is 6.26 Å². The molecule has 2 unspecified atom stereocenters. The minimum atomic E-state index is 0.837. The second-order valence-corrected chi connectivity index (χ2v) is 6.01. The van der Waals surface area contributed by atoms with Crippen molar-refractivity contribution in [1.82, 2.24) is 5.32 Å². The third kappa shape index (κ3) is 2.90. The lowest BCUT2D eigenvalue weighted by atomic mass is 9.94. The van der Waals surface area contributed by atoms with E-state index in [1.807, 2.05) is 0 Å². The Kier molecular flexibility index (Phi) is 4.18. The van der Waals surface area contributed by atoms with Gasteiger partial charge >= 0.3 is 0 Å². The summed E-state index contributed by atoms with van der Waals surface area (Å²) in [6.07, 6.45) is 13.8. The van der Waals surface area contributed by atoms with Crippen LogP contribution < -0.4 is 5.32 Å². The summed E-state index contributed by atoms with van der Waals surface area (Å²) in [5, 5.41) is 4.80. The molecule has 82 valence electrons. The molecule has 0 aliphatic heterocycles. The van der Waals surface area contributed by atoms with Gasteiger partial charge in [0, 0.05) is 17.3 Å². The van der Waals surface area contributed by atoms with Gasteiger partial charge < -0.3 is 5.32 Å². The van der Waals surface area contributed by atoms with Gasteiger partial charge in [0.05, 0.1) is 0 Å². The van der Waals surface area contributed by atoms with Crippen LogP contribution >= 0.6 is 11.8 Å². The first-order chi connectivity index (χ1) is 6.88. The van der Waals surface area contributed by atoms with Gasteiger partial charge in [0.1, 0.15) is 0 Å². The molecule has 0 aromatic rings. The van der Waals surface area contributed by atoms with E-state index in [9.17, 15) is 0 Å². The lowest BCUT2D eigenvalue weighted by Gasteiger charge is -2.31. The maximum absolute atomic E-state index is 3.87. The Morgan fingerprint density at radius 2 is 1.64 bits per heavy atom. The van der Waals surface area contributed by atoms with Gasteiger partial charge in [0.15, 0.2) is 0 Å². The molecule has 2 atom stereocenters. The van der Waals surface area contributed by atoms with Crippen LogP contribution in [0.1, 0.15) is 51.4 Å². The maximum atomic E-state index is 3.87. The van der Waals surface area contributed by atoms with Crippen LogP contribution in [0, 0.1) is 0 Å². The Balaban J connectivity index is 1.73. The van der Waals surface area contributed by atoms with Gasteiger partial charge in [0.2, 0.25) is 0 Å². The molecule has 2 heteroatoms. The second kappa shape index (κ2) is 5.41. The molecule has 2 aliphatic rings. The fourth-order valence-electron chi connectivity index (χ4n) is 2.94. The summed E-state index contributed by atoms with van der Waals surface area (Å²) in [4.78, 5) is 0. The molecule has 14 heavy (non-hydrogen) atoms. The van der Waals surface area contributed by atoms with Gasteiger partial charge in [-0.25, -0.2) is 0 Å². The van der Waals surface area contributed by atoms with Gasteiger partial charge in [0.25, 0.3) is 0 Å². The third-order valence-corrected chi connectivity index (χ3v) is 4.88. The molecule has 2 aliphatic carbocycles. The lowest BCUT2D eigenvalue weighted by molar-refractivity contribution is 0.343. The summed E-state index contributed by atoms with van der Waals surface area (Å²) in [6, 6.07) is 1.70. The first-order valence-corrected chi connectivity index (χ1v) is 7.46. The average Bonchev–Trinajstić information content (AvgIpc) is 2.71. The summed E-state index contributed by atoms with van der Waals surface area (Å²) in [5.41, 5.74) is 0. The van der Waals surface area contributed by atoms with Crippen LogP contribution in [-0.4, -0.2) is 23.6 Å². The minimum absolute atomic E-state index is 0.837. The number of hydrogen-bond acceptors (Lipinski definition) is 2. The van der Waals surface area contributed by atoms with Crippen molar-refractivity contribution in [3.8, 4) is 0 Å². The predicted octanol–water partition coefficient (Wildman–Crippen LogP) is 3.19. The molecule has 0 radical (unpaired) electrons. The first-order valence-electron chi connectivity index (χ1n) is 6.17. The molecule has 0 saturated heterocycles.